The van der Waals surface area contributed by atoms with Crippen LogP contribution in [0.2, 0.25) is 0 Å². The van der Waals surface area contributed by atoms with Gasteiger partial charge in [-0.2, -0.15) is 0 Å². The predicted molar refractivity (Wildman–Crippen MR) is 82.4 cm³/mol. The minimum atomic E-state index is 0.187. The highest BCUT2D eigenvalue weighted by Gasteiger charge is 2.29. The molecule has 2 rings (SSSR count). The van der Waals surface area contributed by atoms with Crippen molar-refractivity contribution in [3.05, 3.63) is 22.4 Å². The molecule has 0 spiro atoms. The van der Waals surface area contributed by atoms with Gasteiger partial charge in [0.25, 0.3) is 5.91 Å². The summed E-state index contributed by atoms with van der Waals surface area (Å²) in [6, 6.07) is 4.32. The number of carbonyl (C=O) groups excluding carboxylic acids is 1. The fraction of sp³-hybridized carbons (Fsp3) is 0.667. The molecule has 0 radical (unpaired) electrons. The largest absolute Gasteiger partial charge is 0.383 e. The zero-order valence-electron chi connectivity index (χ0n) is 12.4. The number of hydrogen-bond donors (Lipinski definition) is 0. The highest BCUT2D eigenvalue weighted by atomic mass is 32.1. The second-order valence-electron chi connectivity index (χ2n) is 5.20. The first-order chi connectivity index (χ1) is 9.76. The van der Waals surface area contributed by atoms with Crippen molar-refractivity contribution in [2.24, 2.45) is 0 Å². The maximum atomic E-state index is 12.4. The van der Waals surface area contributed by atoms with Gasteiger partial charge in [0.1, 0.15) is 0 Å². The Hall–Kier alpha value is -0.910. The second kappa shape index (κ2) is 7.76. The van der Waals surface area contributed by atoms with Crippen LogP contribution in [0.25, 0.3) is 0 Å². The molecule has 1 saturated heterocycles. The van der Waals surface area contributed by atoms with Crippen LogP contribution in [-0.2, 0) is 4.74 Å². The first kappa shape index (κ1) is 15.5. The van der Waals surface area contributed by atoms with Crippen molar-refractivity contribution in [1.82, 2.24) is 9.80 Å². The average molecular weight is 296 g/mol. The van der Waals surface area contributed by atoms with Gasteiger partial charge in [-0.25, -0.2) is 0 Å². The van der Waals surface area contributed by atoms with Crippen LogP contribution < -0.4 is 0 Å². The van der Waals surface area contributed by atoms with Crippen LogP contribution in [0.5, 0.6) is 0 Å². The summed E-state index contributed by atoms with van der Waals surface area (Å²) in [5, 5.41) is 1.96. The van der Waals surface area contributed by atoms with Gasteiger partial charge in [0.2, 0.25) is 0 Å². The molecule has 4 nitrogen and oxygen atoms in total. The molecule has 1 aliphatic heterocycles. The van der Waals surface area contributed by atoms with E-state index in [9.17, 15) is 4.79 Å². The van der Waals surface area contributed by atoms with Crippen molar-refractivity contribution < 1.29 is 9.53 Å². The second-order valence-corrected chi connectivity index (χ2v) is 6.15. The average Bonchev–Trinajstić information content (AvgIpc) is 2.99. The van der Waals surface area contributed by atoms with Crippen LogP contribution in [0.15, 0.2) is 17.5 Å². The van der Waals surface area contributed by atoms with Crippen molar-refractivity contribution in [2.75, 3.05) is 39.9 Å². The lowest BCUT2D eigenvalue weighted by Gasteiger charge is -2.41. The van der Waals surface area contributed by atoms with Gasteiger partial charge in [-0.3, -0.25) is 9.69 Å². The molecule has 0 bridgehead atoms. The molecule has 1 amide bonds. The van der Waals surface area contributed by atoms with E-state index in [4.69, 9.17) is 4.74 Å². The Labute approximate surface area is 125 Å². The molecule has 0 unspecified atom stereocenters. The van der Waals surface area contributed by atoms with E-state index in [0.717, 1.165) is 50.5 Å². The summed E-state index contributed by atoms with van der Waals surface area (Å²) in [7, 11) is 1.74. The summed E-state index contributed by atoms with van der Waals surface area (Å²) < 4.78 is 5.18. The van der Waals surface area contributed by atoms with Gasteiger partial charge in [0.05, 0.1) is 11.5 Å². The zero-order valence-corrected chi connectivity index (χ0v) is 13.2. The molecule has 1 fully saturated rings. The third-order valence-electron chi connectivity index (χ3n) is 3.83. The van der Waals surface area contributed by atoms with Gasteiger partial charge in [-0.05, 0) is 17.9 Å². The van der Waals surface area contributed by atoms with Crippen molar-refractivity contribution in [1.29, 1.82) is 0 Å². The molecule has 1 aromatic heterocycles. The third kappa shape index (κ3) is 3.81. The van der Waals surface area contributed by atoms with Gasteiger partial charge >= 0.3 is 0 Å². The van der Waals surface area contributed by atoms with E-state index >= 15 is 0 Å². The lowest BCUT2D eigenvalue weighted by atomic mass is 10.1. The van der Waals surface area contributed by atoms with Crippen LogP contribution >= 0.6 is 11.3 Å². The molecule has 20 heavy (non-hydrogen) atoms. The van der Waals surface area contributed by atoms with Gasteiger partial charge in [0.15, 0.2) is 0 Å². The Morgan fingerprint density at radius 3 is 3.00 bits per heavy atom. The summed E-state index contributed by atoms with van der Waals surface area (Å²) in [6.07, 6.45) is 2.28. The van der Waals surface area contributed by atoms with E-state index in [-0.39, 0.29) is 5.91 Å². The molecule has 1 atom stereocenters. The predicted octanol–water partition coefficient (Wildman–Crippen LogP) is 2.32. The smallest absolute Gasteiger partial charge is 0.264 e. The summed E-state index contributed by atoms with van der Waals surface area (Å²) >= 11 is 1.53. The molecule has 1 aliphatic rings. The van der Waals surface area contributed by atoms with E-state index in [0.29, 0.717) is 6.04 Å². The standard InChI is InChI=1S/C15H24N2O2S/c1-3-5-13-12-17(8-7-16(13)9-10-19-2)15(18)14-6-4-11-20-14/h4,6,11,13H,3,5,7-10,12H2,1-2H3/t13-/m0/s1. The number of thiophene rings is 1. The highest BCUT2D eigenvalue weighted by molar-refractivity contribution is 7.12. The molecule has 0 N–H and O–H groups in total. The highest BCUT2D eigenvalue weighted by Crippen LogP contribution is 2.18. The molecule has 2 heterocycles. The normalized spacial score (nSPS) is 20.3. The number of piperazine rings is 1. The van der Waals surface area contributed by atoms with E-state index < -0.39 is 0 Å². The first-order valence-corrected chi connectivity index (χ1v) is 8.20. The minimum absolute atomic E-state index is 0.187. The molecule has 0 aromatic carbocycles. The topological polar surface area (TPSA) is 32.8 Å². The molecular weight excluding hydrogens is 272 g/mol. The van der Waals surface area contributed by atoms with Gasteiger partial charge in [-0.15, -0.1) is 11.3 Å². The lowest BCUT2D eigenvalue weighted by molar-refractivity contribution is 0.0374. The fourth-order valence-corrected chi connectivity index (χ4v) is 3.43. The maximum Gasteiger partial charge on any atom is 0.264 e. The van der Waals surface area contributed by atoms with Gasteiger partial charge < -0.3 is 9.64 Å². The third-order valence-corrected chi connectivity index (χ3v) is 4.69. The van der Waals surface area contributed by atoms with Crippen LogP contribution in [0, 0.1) is 0 Å². The molecular formula is C15H24N2O2S. The minimum Gasteiger partial charge on any atom is -0.383 e. The number of hydrogen-bond acceptors (Lipinski definition) is 4. The van der Waals surface area contributed by atoms with Crippen LogP contribution in [-0.4, -0.2) is 61.6 Å². The van der Waals surface area contributed by atoms with Gasteiger partial charge in [0, 0.05) is 39.3 Å². The SMILES string of the molecule is CCC[C@H]1CN(C(=O)c2cccs2)CCN1CCOC. The van der Waals surface area contributed by atoms with Crippen molar-refractivity contribution in [3.8, 4) is 0 Å². The quantitative estimate of drug-likeness (QED) is 0.807. The van der Waals surface area contributed by atoms with E-state index in [1.165, 1.54) is 11.3 Å². The Balaban J connectivity index is 1.96. The molecule has 1 aromatic rings. The number of rotatable bonds is 6. The lowest BCUT2D eigenvalue weighted by Crippen LogP contribution is -2.55. The number of carbonyl (C=O) groups is 1. The summed E-state index contributed by atoms with van der Waals surface area (Å²) in [4.78, 5) is 17.7. The molecule has 0 saturated carbocycles. The van der Waals surface area contributed by atoms with Crippen LogP contribution in [0.1, 0.15) is 29.4 Å². The van der Waals surface area contributed by atoms with Crippen LogP contribution in [0.4, 0.5) is 0 Å². The van der Waals surface area contributed by atoms with Crippen molar-refractivity contribution >= 4 is 17.2 Å². The summed E-state index contributed by atoms with van der Waals surface area (Å²) in [5.41, 5.74) is 0. The summed E-state index contributed by atoms with van der Waals surface area (Å²) in [6.45, 7) is 6.54. The zero-order chi connectivity index (χ0) is 14.4. The van der Waals surface area contributed by atoms with Gasteiger partial charge in [-0.1, -0.05) is 19.4 Å². The fourth-order valence-electron chi connectivity index (χ4n) is 2.74. The first-order valence-electron chi connectivity index (χ1n) is 7.32. The monoisotopic (exact) mass is 296 g/mol. The Morgan fingerprint density at radius 2 is 2.35 bits per heavy atom. The molecule has 112 valence electrons. The van der Waals surface area contributed by atoms with E-state index in [2.05, 4.69) is 11.8 Å². The molecule has 5 heteroatoms. The van der Waals surface area contributed by atoms with E-state index in [1.54, 1.807) is 7.11 Å². The van der Waals surface area contributed by atoms with Crippen LogP contribution in [0.3, 0.4) is 0 Å². The maximum absolute atomic E-state index is 12.4. The Bertz CT molecular complexity index is 408. The Kier molecular flexibility index (Phi) is 6.01. The number of nitrogens with zero attached hydrogens (tertiary/aromatic N) is 2. The number of ether oxygens (including phenoxy) is 1. The van der Waals surface area contributed by atoms with Crippen molar-refractivity contribution in [2.45, 2.75) is 25.8 Å². The molecule has 0 aliphatic carbocycles. The van der Waals surface area contributed by atoms with E-state index in [1.807, 2.05) is 22.4 Å². The van der Waals surface area contributed by atoms with Crippen molar-refractivity contribution in [3.63, 3.8) is 0 Å². The number of amides is 1. The number of methoxy groups -OCH3 is 1. The Morgan fingerprint density at radius 1 is 1.50 bits per heavy atom. The summed E-state index contributed by atoms with van der Waals surface area (Å²) in [5.74, 6) is 0.187.